The van der Waals surface area contributed by atoms with Crippen LogP contribution in [0.4, 0.5) is 0 Å². The SMILES string of the molecule is COCCN(Cc1ccccc1)C(=O)Cn1nnc(-c2ccc(Cl)cc2)n1. The molecule has 0 spiro atoms. The average molecular weight is 386 g/mol. The highest BCUT2D eigenvalue weighted by Gasteiger charge is 2.16. The maximum absolute atomic E-state index is 12.7. The summed E-state index contributed by atoms with van der Waals surface area (Å²) in [5, 5.41) is 12.9. The van der Waals surface area contributed by atoms with E-state index in [4.69, 9.17) is 16.3 Å². The molecular weight excluding hydrogens is 366 g/mol. The average Bonchev–Trinajstić information content (AvgIpc) is 3.15. The van der Waals surface area contributed by atoms with E-state index < -0.39 is 0 Å². The molecule has 27 heavy (non-hydrogen) atoms. The van der Waals surface area contributed by atoms with Crippen LogP contribution in [-0.4, -0.2) is 51.3 Å². The Morgan fingerprint density at radius 1 is 1.15 bits per heavy atom. The number of tetrazole rings is 1. The first-order valence-electron chi connectivity index (χ1n) is 8.50. The number of halogens is 1. The van der Waals surface area contributed by atoms with Crippen LogP contribution in [0.2, 0.25) is 5.02 Å². The predicted octanol–water partition coefficient (Wildman–Crippen LogP) is 2.67. The van der Waals surface area contributed by atoms with Crippen molar-refractivity contribution in [3.63, 3.8) is 0 Å². The highest BCUT2D eigenvalue weighted by atomic mass is 35.5. The summed E-state index contributed by atoms with van der Waals surface area (Å²) in [6.07, 6.45) is 0. The van der Waals surface area contributed by atoms with Crippen LogP contribution >= 0.6 is 11.6 Å². The Morgan fingerprint density at radius 3 is 2.59 bits per heavy atom. The van der Waals surface area contributed by atoms with Crippen molar-refractivity contribution in [3.05, 3.63) is 65.2 Å². The maximum Gasteiger partial charge on any atom is 0.246 e. The van der Waals surface area contributed by atoms with Crippen LogP contribution < -0.4 is 0 Å². The van der Waals surface area contributed by atoms with Crippen LogP contribution in [0.15, 0.2) is 54.6 Å². The molecular formula is C19H20ClN5O2. The molecule has 7 nitrogen and oxygen atoms in total. The minimum atomic E-state index is -0.101. The van der Waals surface area contributed by atoms with Gasteiger partial charge in [-0.15, -0.1) is 10.2 Å². The van der Waals surface area contributed by atoms with E-state index in [-0.39, 0.29) is 12.5 Å². The Balaban J connectivity index is 1.68. The molecule has 3 aromatic rings. The molecule has 0 N–H and O–H groups in total. The molecule has 140 valence electrons. The lowest BCUT2D eigenvalue weighted by atomic mass is 10.2. The first-order chi connectivity index (χ1) is 13.2. The lowest BCUT2D eigenvalue weighted by molar-refractivity contribution is -0.133. The summed E-state index contributed by atoms with van der Waals surface area (Å²) in [5.74, 6) is 0.349. The zero-order chi connectivity index (χ0) is 19.1. The number of hydrogen-bond donors (Lipinski definition) is 0. The van der Waals surface area contributed by atoms with Gasteiger partial charge in [0.2, 0.25) is 11.7 Å². The standard InChI is InChI=1S/C19H20ClN5O2/c1-27-12-11-24(13-15-5-3-2-4-6-15)18(26)14-25-22-19(21-23-25)16-7-9-17(20)10-8-16/h2-10H,11-14H2,1H3. The zero-order valence-electron chi connectivity index (χ0n) is 15.0. The molecule has 1 heterocycles. The van der Waals surface area contributed by atoms with Gasteiger partial charge < -0.3 is 9.64 Å². The second-order valence-corrected chi connectivity index (χ2v) is 6.38. The number of carbonyl (C=O) groups excluding carboxylic acids is 1. The van der Waals surface area contributed by atoms with Crippen LogP contribution in [0.5, 0.6) is 0 Å². The predicted molar refractivity (Wildman–Crippen MR) is 102 cm³/mol. The molecule has 3 rings (SSSR count). The van der Waals surface area contributed by atoms with Gasteiger partial charge in [-0.1, -0.05) is 41.9 Å². The smallest absolute Gasteiger partial charge is 0.246 e. The monoisotopic (exact) mass is 385 g/mol. The molecule has 0 saturated carbocycles. The first-order valence-corrected chi connectivity index (χ1v) is 8.88. The van der Waals surface area contributed by atoms with Crippen molar-refractivity contribution in [1.29, 1.82) is 0 Å². The lowest BCUT2D eigenvalue weighted by Crippen LogP contribution is -2.36. The number of carbonyl (C=O) groups is 1. The van der Waals surface area contributed by atoms with E-state index >= 15 is 0 Å². The van der Waals surface area contributed by atoms with Crippen LogP contribution in [0, 0.1) is 0 Å². The van der Waals surface area contributed by atoms with Gasteiger partial charge in [0.1, 0.15) is 6.54 Å². The number of rotatable bonds is 8. The highest BCUT2D eigenvalue weighted by molar-refractivity contribution is 6.30. The van der Waals surface area contributed by atoms with E-state index in [1.807, 2.05) is 42.5 Å². The third kappa shape index (κ3) is 5.35. The summed E-state index contributed by atoms with van der Waals surface area (Å²) >= 11 is 5.89. The van der Waals surface area contributed by atoms with Crippen molar-refractivity contribution in [2.75, 3.05) is 20.3 Å². The van der Waals surface area contributed by atoms with Crippen molar-refractivity contribution in [3.8, 4) is 11.4 Å². The van der Waals surface area contributed by atoms with E-state index in [2.05, 4.69) is 15.4 Å². The molecule has 1 amide bonds. The normalized spacial score (nSPS) is 10.7. The number of hydrogen-bond acceptors (Lipinski definition) is 5. The summed E-state index contributed by atoms with van der Waals surface area (Å²) in [5.41, 5.74) is 1.84. The second-order valence-electron chi connectivity index (χ2n) is 5.94. The number of methoxy groups -OCH3 is 1. The third-order valence-corrected chi connectivity index (χ3v) is 4.22. The zero-order valence-corrected chi connectivity index (χ0v) is 15.7. The number of amides is 1. The molecule has 0 aliphatic heterocycles. The summed E-state index contributed by atoms with van der Waals surface area (Å²) in [7, 11) is 1.61. The first kappa shape index (κ1) is 19.0. The van der Waals surface area contributed by atoms with E-state index in [1.165, 1.54) is 4.80 Å². The Hall–Kier alpha value is -2.77. The van der Waals surface area contributed by atoms with Crippen molar-refractivity contribution < 1.29 is 9.53 Å². The van der Waals surface area contributed by atoms with Crippen LogP contribution in [0.3, 0.4) is 0 Å². The van der Waals surface area contributed by atoms with Crippen LogP contribution in [-0.2, 0) is 22.6 Å². The molecule has 0 atom stereocenters. The molecule has 0 aliphatic carbocycles. The number of benzene rings is 2. The number of nitrogens with zero attached hydrogens (tertiary/aromatic N) is 5. The number of aromatic nitrogens is 4. The minimum Gasteiger partial charge on any atom is -0.383 e. The Kier molecular flexibility index (Phi) is 6.51. The highest BCUT2D eigenvalue weighted by Crippen LogP contribution is 2.17. The van der Waals surface area contributed by atoms with Gasteiger partial charge in [-0.2, -0.15) is 4.80 Å². The van der Waals surface area contributed by atoms with E-state index in [9.17, 15) is 4.79 Å². The summed E-state index contributed by atoms with van der Waals surface area (Å²) in [4.78, 5) is 15.8. The van der Waals surface area contributed by atoms with Crippen molar-refractivity contribution in [2.24, 2.45) is 0 Å². The molecule has 8 heteroatoms. The van der Waals surface area contributed by atoms with Gasteiger partial charge in [0.05, 0.1) is 6.61 Å². The van der Waals surface area contributed by atoms with Crippen molar-refractivity contribution in [2.45, 2.75) is 13.1 Å². The summed E-state index contributed by atoms with van der Waals surface area (Å²) in [6, 6.07) is 17.0. The lowest BCUT2D eigenvalue weighted by Gasteiger charge is -2.22. The third-order valence-electron chi connectivity index (χ3n) is 3.97. The summed E-state index contributed by atoms with van der Waals surface area (Å²) in [6.45, 7) is 1.46. The molecule has 0 radical (unpaired) electrons. The number of ether oxygens (including phenoxy) is 1. The molecule has 1 aromatic heterocycles. The van der Waals surface area contributed by atoms with Crippen LogP contribution in [0.1, 0.15) is 5.56 Å². The Labute approximate surface area is 162 Å². The van der Waals surface area contributed by atoms with Gasteiger partial charge in [0.25, 0.3) is 0 Å². The quantitative estimate of drug-likeness (QED) is 0.596. The fraction of sp³-hybridized carbons (Fsp3) is 0.263. The van der Waals surface area contributed by atoms with Gasteiger partial charge in [-0.05, 0) is 35.0 Å². The van der Waals surface area contributed by atoms with Gasteiger partial charge in [0, 0.05) is 30.8 Å². The molecule has 0 bridgehead atoms. The van der Waals surface area contributed by atoms with Gasteiger partial charge in [0.15, 0.2) is 0 Å². The fourth-order valence-electron chi connectivity index (χ4n) is 2.54. The van der Waals surface area contributed by atoms with Gasteiger partial charge in [-0.3, -0.25) is 4.79 Å². The topological polar surface area (TPSA) is 73.1 Å². The van der Waals surface area contributed by atoms with E-state index in [0.29, 0.717) is 30.5 Å². The molecule has 0 fully saturated rings. The minimum absolute atomic E-state index is 0.0110. The molecule has 2 aromatic carbocycles. The molecule has 0 saturated heterocycles. The van der Waals surface area contributed by atoms with Crippen molar-refractivity contribution in [1.82, 2.24) is 25.1 Å². The second kappa shape index (κ2) is 9.25. The Bertz CT molecular complexity index is 867. The fourth-order valence-corrected chi connectivity index (χ4v) is 2.67. The van der Waals surface area contributed by atoms with Gasteiger partial charge in [-0.25, -0.2) is 0 Å². The van der Waals surface area contributed by atoms with Crippen molar-refractivity contribution >= 4 is 17.5 Å². The maximum atomic E-state index is 12.7. The van der Waals surface area contributed by atoms with Crippen LogP contribution in [0.25, 0.3) is 11.4 Å². The summed E-state index contributed by atoms with van der Waals surface area (Å²) < 4.78 is 5.13. The van der Waals surface area contributed by atoms with Gasteiger partial charge >= 0.3 is 0 Å². The molecule has 0 aliphatic rings. The molecule has 0 unspecified atom stereocenters. The van der Waals surface area contributed by atoms with E-state index in [0.717, 1.165) is 11.1 Å². The Morgan fingerprint density at radius 2 is 1.89 bits per heavy atom. The van der Waals surface area contributed by atoms with E-state index in [1.54, 1.807) is 24.1 Å². The largest absolute Gasteiger partial charge is 0.383 e.